The number of carbonyl (C=O) groups is 2. The van der Waals surface area contributed by atoms with E-state index < -0.39 is 6.04 Å². The highest BCUT2D eigenvalue weighted by Gasteiger charge is 2.16. The number of nitrogens with two attached hydrogens (primary N) is 2. The quantitative estimate of drug-likeness (QED) is 0.754. The minimum absolute atomic E-state index is 0. The Bertz CT molecular complexity index is 432. The number of carbonyl (C=O) groups excluding carboxylic acids is 2. The molecular formula is C13H20ClN3O2. The maximum Gasteiger partial charge on any atom is 0.241 e. The molecule has 0 spiro atoms. The highest BCUT2D eigenvalue weighted by molar-refractivity contribution is 5.94. The predicted octanol–water partition coefficient (Wildman–Crippen LogP) is 1.06. The van der Waals surface area contributed by atoms with Gasteiger partial charge in [-0.2, -0.15) is 0 Å². The van der Waals surface area contributed by atoms with Crippen LogP contribution in [0.2, 0.25) is 0 Å². The van der Waals surface area contributed by atoms with E-state index >= 15 is 0 Å². The molecule has 0 radical (unpaired) electrons. The van der Waals surface area contributed by atoms with Crippen LogP contribution in [0.25, 0.3) is 0 Å². The Morgan fingerprint density at radius 3 is 2.16 bits per heavy atom. The highest BCUT2D eigenvalue weighted by Crippen LogP contribution is 2.11. The summed E-state index contributed by atoms with van der Waals surface area (Å²) in [5, 5.41) is 2.72. The molecule has 0 aliphatic carbocycles. The number of hydrogen-bond acceptors (Lipinski definition) is 3. The predicted molar refractivity (Wildman–Crippen MR) is 78.0 cm³/mol. The molecule has 0 fully saturated rings. The van der Waals surface area contributed by atoms with Gasteiger partial charge < -0.3 is 16.8 Å². The standard InChI is InChI=1S/C13H19N3O2.ClH/c1-8(2)12(15)13(18)16-10-5-3-9(4-6-10)7-11(14)17;/h3-6,8,12H,7,15H2,1-2H3,(H2,14,17)(H,16,18);1H/t12-;/m1./s1. The van der Waals surface area contributed by atoms with Crippen LogP contribution < -0.4 is 16.8 Å². The number of hydrogen-bond donors (Lipinski definition) is 3. The molecule has 1 aromatic carbocycles. The molecule has 0 aromatic heterocycles. The van der Waals surface area contributed by atoms with Gasteiger partial charge in [0.25, 0.3) is 0 Å². The highest BCUT2D eigenvalue weighted by atomic mass is 35.5. The number of nitrogens with one attached hydrogen (secondary N) is 1. The molecule has 5 N–H and O–H groups in total. The molecule has 5 nitrogen and oxygen atoms in total. The number of halogens is 1. The lowest BCUT2D eigenvalue weighted by Gasteiger charge is -2.15. The van der Waals surface area contributed by atoms with E-state index in [9.17, 15) is 9.59 Å². The second-order valence-corrected chi connectivity index (χ2v) is 4.60. The zero-order chi connectivity index (χ0) is 13.7. The van der Waals surface area contributed by atoms with Crippen molar-refractivity contribution >= 4 is 29.9 Å². The van der Waals surface area contributed by atoms with Gasteiger partial charge in [-0.3, -0.25) is 9.59 Å². The molecule has 1 atom stereocenters. The van der Waals surface area contributed by atoms with Gasteiger partial charge in [0, 0.05) is 5.69 Å². The van der Waals surface area contributed by atoms with Gasteiger partial charge in [0.15, 0.2) is 0 Å². The second-order valence-electron chi connectivity index (χ2n) is 4.60. The summed E-state index contributed by atoms with van der Waals surface area (Å²) >= 11 is 0. The third kappa shape index (κ3) is 5.72. The fraction of sp³-hybridized carbons (Fsp3) is 0.385. The van der Waals surface area contributed by atoms with Crippen LogP contribution >= 0.6 is 12.4 Å². The van der Waals surface area contributed by atoms with Gasteiger partial charge in [0.1, 0.15) is 0 Å². The monoisotopic (exact) mass is 285 g/mol. The maximum absolute atomic E-state index is 11.7. The van der Waals surface area contributed by atoms with Gasteiger partial charge in [0.2, 0.25) is 11.8 Å². The molecule has 0 saturated heterocycles. The minimum Gasteiger partial charge on any atom is -0.369 e. The van der Waals surface area contributed by atoms with E-state index in [4.69, 9.17) is 11.5 Å². The van der Waals surface area contributed by atoms with Crippen molar-refractivity contribution in [2.24, 2.45) is 17.4 Å². The molecule has 0 saturated carbocycles. The number of benzene rings is 1. The summed E-state index contributed by atoms with van der Waals surface area (Å²) in [4.78, 5) is 22.4. The van der Waals surface area contributed by atoms with E-state index in [0.29, 0.717) is 5.69 Å². The first-order chi connectivity index (χ1) is 8.40. The van der Waals surface area contributed by atoms with Crippen molar-refractivity contribution < 1.29 is 9.59 Å². The van der Waals surface area contributed by atoms with Crippen molar-refractivity contribution in [1.82, 2.24) is 0 Å². The molecule has 2 amide bonds. The summed E-state index contributed by atoms with van der Waals surface area (Å²) in [6.45, 7) is 3.78. The Morgan fingerprint density at radius 1 is 1.21 bits per heavy atom. The van der Waals surface area contributed by atoms with Crippen molar-refractivity contribution in [1.29, 1.82) is 0 Å². The van der Waals surface area contributed by atoms with E-state index in [1.807, 2.05) is 13.8 Å². The normalized spacial score (nSPS) is 11.6. The van der Waals surface area contributed by atoms with Crippen molar-refractivity contribution in [3.05, 3.63) is 29.8 Å². The molecule has 0 aliphatic rings. The Kier molecular flexibility index (Phi) is 7.11. The molecule has 6 heteroatoms. The average molecular weight is 286 g/mol. The van der Waals surface area contributed by atoms with Crippen molar-refractivity contribution in [2.45, 2.75) is 26.3 Å². The molecule has 0 bridgehead atoms. The fourth-order valence-electron chi connectivity index (χ4n) is 1.44. The lowest BCUT2D eigenvalue weighted by Crippen LogP contribution is -2.39. The second kappa shape index (κ2) is 7.76. The van der Waals surface area contributed by atoms with Gasteiger partial charge in [-0.1, -0.05) is 26.0 Å². The van der Waals surface area contributed by atoms with Crippen LogP contribution in [0.15, 0.2) is 24.3 Å². The molecule has 0 aliphatic heterocycles. The van der Waals surface area contributed by atoms with Crippen LogP contribution in [-0.2, 0) is 16.0 Å². The Labute approximate surface area is 119 Å². The van der Waals surface area contributed by atoms with Crippen molar-refractivity contribution in [3.8, 4) is 0 Å². The fourth-order valence-corrected chi connectivity index (χ4v) is 1.44. The van der Waals surface area contributed by atoms with Crippen LogP contribution in [0.3, 0.4) is 0 Å². The van der Waals surface area contributed by atoms with Crippen LogP contribution in [0.1, 0.15) is 19.4 Å². The van der Waals surface area contributed by atoms with E-state index in [-0.39, 0.29) is 36.6 Å². The maximum atomic E-state index is 11.7. The van der Waals surface area contributed by atoms with Crippen LogP contribution in [0.4, 0.5) is 5.69 Å². The summed E-state index contributed by atoms with van der Waals surface area (Å²) in [7, 11) is 0. The van der Waals surface area contributed by atoms with Crippen molar-refractivity contribution in [3.63, 3.8) is 0 Å². The first-order valence-corrected chi connectivity index (χ1v) is 5.84. The Hall–Kier alpha value is -1.59. The van der Waals surface area contributed by atoms with E-state index in [1.54, 1.807) is 24.3 Å². The zero-order valence-electron chi connectivity index (χ0n) is 11.1. The first-order valence-electron chi connectivity index (χ1n) is 5.84. The Morgan fingerprint density at radius 2 is 1.74 bits per heavy atom. The first kappa shape index (κ1) is 17.4. The minimum atomic E-state index is -0.532. The van der Waals surface area contributed by atoms with Gasteiger partial charge in [-0.05, 0) is 23.6 Å². The number of primary amides is 1. The molecule has 0 heterocycles. The van der Waals surface area contributed by atoms with E-state index in [2.05, 4.69) is 5.32 Å². The number of rotatable bonds is 5. The lowest BCUT2D eigenvalue weighted by atomic mass is 10.0. The summed E-state index contributed by atoms with van der Waals surface area (Å²) in [6.07, 6.45) is 0.194. The van der Waals surface area contributed by atoms with Crippen LogP contribution in [-0.4, -0.2) is 17.9 Å². The van der Waals surface area contributed by atoms with E-state index in [0.717, 1.165) is 5.56 Å². The summed E-state index contributed by atoms with van der Waals surface area (Å²) in [5.74, 6) is -0.514. The molecule has 19 heavy (non-hydrogen) atoms. The van der Waals surface area contributed by atoms with Gasteiger partial charge in [0.05, 0.1) is 12.5 Å². The van der Waals surface area contributed by atoms with E-state index in [1.165, 1.54) is 0 Å². The number of anilines is 1. The SMILES string of the molecule is CC(C)[C@@H](N)C(=O)Nc1ccc(CC(N)=O)cc1.Cl. The van der Waals surface area contributed by atoms with Gasteiger partial charge in [-0.25, -0.2) is 0 Å². The number of amides is 2. The third-order valence-electron chi connectivity index (χ3n) is 2.62. The smallest absolute Gasteiger partial charge is 0.241 e. The molecule has 106 valence electrons. The zero-order valence-corrected chi connectivity index (χ0v) is 11.9. The van der Waals surface area contributed by atoms with Crippen molar-refractivity contribution in [2.75, 3.05) is 5.32 Å². The third-order valence-corrected chi connectivity index (χ3v) is 2.62. The van der Waals surface area contributed by atoms with Gasteiger partial charge >= 0.3 is 0 Å². The van der Waals surface area contributed by atoms with Crippen LogP contribution in [0, 0.1) is 5.92 Å². The molecule has 1 aromatic rings. The molecule has 1 rings (SSSR count). The lowest BCUT2D eigenvalue weighted by molar-refractivity contribution is -0.118. The average Bonchev–Trinajstić information content (AvgIpc) is 2.29. The largest absolute Gasteiger partial charge is 0.369 e. The summed E-state index contributed by atoms with van der Waals surface area (Å²) in [6, 6.07) is 6.42. The Balaban J connectivity index is 0.00000324. The summed E-state index contributed by atoms with van der Waals surface area (Å²) < 4.78 is 0. The molecule has 0 unspecified atom stereocenters. The van der Waals surface area contributed by atoms with Crippen LogP contribution in [0.5, 0.6) is 0 Å². The molecular weight excluding hydrogens is 266 g/mol. The topological polar surface area (TPSA) is 98.2 Å². The van der Waals surface area contributed by atoms with Gasteiger partial charge in [-0.15, -0.1) is 12.4 Å². The summed E-state index contributed by atoms with van der Waals surface area (Å²) in [5.41, 5.74) is 12.3.